The molecular weight excluding hydrogens is 264 g/mol. The van der Waals surface area contributed by atoms with Crippen LogP contribution in [0.3, 0.4) is 0 Å². The Morgan fingerprint density at radius 3 is 2.47 bits per heavy atom. The summed E-state index contributed by atoms with van der Waals surface area (Å²) in [6.45, 7) is 0. The van der Waals surface area contributed by atoms with Crippen molar-refractivity contribution >= 4 is 24.3 Å². The summed E-state index contributed by atoms with van der Waals surface area (Å²) >= 11 is 0. The third kappa shape index (κ3) is 3.79. The van der Waals surface area contributed by atoms with E-state index in [0.29, 0.717) is 5.56 Å². The lowest BCUT2D eigenvalue weighted by Crippen LogP contribution is -2.24. The van der Waals surface area contributed by atoms with E-state index in [1.165, 1.54) is 0 Å². The molecule has 19 heavy (non-hydrogen) atoms. The first-order chi connectivity index (χ1) is 8.66. The number of rotatable bonds is 2. The quantitative estimate of drug-likeness (QED) is 0.643. The number of carbonyl (C=O) groups excluding carboxylic acids is 1. The van der Waals surface area contributed by atoms with E-state index in [1.54, 1.807) is 30.6 Å². The number of aromatic nitrogens is 1. The molecule has 0 unspecified atom stereocenters. The lowest BCUT2D eigenvalue weighted by molar-refractivity contribution is 0.100. The molecule has 0 aliphatic heterocycles. The molecule has 0 bridgehead atoms. The molecule has 0 atom stereocenters. The monoisotopic (exact) mass is 276 g/mol. The molecule has 2 aromatic rings. The Balaban J connectivity index is 0.00000180. The van der Waals surface area contributed by atoms with Crippen molar-refractivity contribution in [1.82, 2.24) is 4.98 Å². The highest BCUT2D eigenvalue weighted by molar-refractivity contribution is 6.02. The van der Waals surface area contributed by atoms with Gasteiger partial charge in [0.2, 0.25) is 0 Å². The topological polar surface area (TPSA) is 94.4 Å². The second kappa shape index (κ2) is 6.51. The number of nitrogens with two attached hydrogens (primary N) is 2. The van der Waals surface area contributed by atoms with Gasteiger partial charge in [0.05, 0.1) is 0 Å². The van der Waals surface area contributed by atoms with Crippen LogP contribution in [0.2, 0.25) is 0 Å². The third-order valence-corrected chi connectivity index (χ3v) is 2.34. The van der Waals surface area contributed by atoms with Crippen molar-refractivity contribution in [2.45, 2.75) is 0 Å². The molecule has 0 spiro atoms. The van der Waals surface area contributed by atoms with Gasteiger partial charge in [0.15, 0.2) is 5.96 Å². The van der Waals surface area contributed by atoms with Crippen LogP contribution in [0.5, 0.6) is 0 Å². The number of amides is 1. The van der Waals surface area contributed by atoms with Crippen molar-refractivity contribution in [3.05, 3.63) is 54.4 Å². The Morgan fingerprint density at radius 2 is 1.84 bits per heavy atom. The molecule has 6 heteroatoms. The van der Waals surface area contributed by atoms with Gasteiger partial charge in [-0.25, -0.2) is 0 Å². The summed E-state index contributed by atoms with van der Waals surface area (Å²) in [6.07, 6.45) is 3.42. The van der Waals surface area contributed by atoms with Crippen LogP contribution < -0.4 is 11.5 Å². The van der Waals surface area contributed by atoms with Gasteiger partial charge in [-0.1, -0.05) is 18.2 Å². The van der Waals surface area contributed by atoms with E-state index in [2.05, 4.69) is 9.98 Å². The van der Waals surface area contributed by atoms with Gasteiger partial charge in [-0.3, -0.25) is 9.78 Å². The minimum Gasteiger partial charge on any atom is -0.370 e. The van der Waals surface area contributed by atoms with Crippen molar-refractivity contribution < 1.29 is 4.79 Å². The van der Waals surface area contributed by atoms with Crippen molar-refractivity contribution in [3.8, 4) is 11.1 Å². The summed E-state index contributed by atoms with van der Waals surface area (Å²) in [5.74, 6) is -0.701. The number of hydrogen-bond donors (Lipinski definition) is 2. The first-order valence-electron chi connectivity index (χ1n) is 5.31. The molecule has 1 aromatic heterocycles. The molecule has 4 N–H and O–H groups in total. The molecule has 1 heterocycles. The number of pyridine rings is 1. The molecule has 98 valence electrons. The maximum atomic E-state index is 11.7. The van der Waals surface area contributed by atoms with Crippen LogP contribution in [0.1, 0.15) is 10.4 Å². The van der Waals surface area contributed by atoms with Crippen molar-refractivity contribution in [2.24, 2.45) is 16.5 Å². The molecule has 0 aliphatic rings. The fraction of sp³-hybridized carbons (Fsp3) is 0. The van der Waals surface area contributed by atoms with Crippen LogP contribution in [0.25, 0.3) is 11.1 Å². The van der Waals surface area contributed by atoms with Crippen LogP contribution in [-0.2, 0) is 0 Å². The Labute approximate surface area is 116 Å². The van der Waals surface area contributed by atoms with Gasteiger partial charge in [-0.2, -0.15) is 4.99 Å². The smallest absolute Gasteiger partial charge is 0.280 e. The number of nitrogens with zero attached hydrogens (tertiary/aromatic N) is 2. The Hall–Kier alpha value is -2.40. The number of hydrogen-bond acceptors (Lipinski definition) is 2. The summed E-state index contributed by atoms with van der Waals surface area (Å²) < 4.78 is 0. The molecule has 5 nitrogen and oxygen atoms in total. The van der Waals surface area contributed by atoms with Gasteiger partial charge in [-0.15, -0.1) is 12.4 Å². The molecule has 0 fully saturated rings. The van der Waals surface area contributed by atoms with E-state index in [4.69, 9.17) is 11.5 Å². The zero-order valence-electron chi connectivity index (χ0n) is 9.98. The maximum absolute atomic E-state index is 11.7. The average Bonchev–Trinajstić information content (AvgIpc) is 2.39. The number of benzene rings is 1. The largest absolute Gasteiger partial charge is 0.370 e. The van der Waals surface area contributed by atoms with Crippen LogP contribution in [-0.4, -0.2) is 16.9 Å². The molecule has 1 amide bonds. The average molecular weight is 277 g/mol. The van der Waals surface area contributed by atoms with E-state index >= 15 is 0 Å². The van der Waals surface area contributed by atoms with Gasteiger partial charge in [0.1, 0.15) is 0 Å². The molecule has 1 aromatic carbocycles. The number of aliphatic imine (C=N–C) groups is 1. The third-order valence-electron chi connectivity index (χ3n) is 2.34. The SMILES string of the molecule is Cl.NC(N)=NC(=O)c1cccc(-c2cccnc2)c1. The zero-order valence-corrected chi connectivity index (χ0v) is 10.8. The van der Waals surface area contributed by atoms with Crippen LogP contribution in [0.4, 0.5) is 0 Å². The van der Waals surface area contributed by atoms with Crippen LogP contribution in [0, 0.1) is 0 Å². The Bertz CT molecular complexity index is 595. The Kier molecular flexibility index (Phi) is 5.02. The van der Waals surface area contributed by atoms with E-state index in [-0.39, 0.29) is 18.4 Å². The highest BCUT2D eigenvalue weighted by Crippen LogP contribution is 2.19. The molecule has 0 saturated heterocycles. The van der Waals surface area contributed by atoms with Crippen LogP contribution >= 0.6 is 12.4 Å². The minimum atomic E-state index is -0.458. The lowest BCUT2D eigenvalue weighted by atomic mass is 10.0. The zero-order chi connectivity index (χ0) is 13.0. The predicted octanol–water partition coefficient (Wildman–Crippen LogP) is 1.58. The second-order valence-corrected chi connectivity index (χ2v) is 3.66. The fourth-order valence-electron chi connectivity index (χ4n) is 1.55. The van der Waals surface area contributed by atoms with Gasteiger partial charge in [-0.05, 0) is 23.8 Å². The lowest BCUT2D eigenvalue weighted by Gasteiger charge is -2.02. The molecule has 0 saturated carbocycles. The molecule has 0 radical (unpaired) electrons. The van der Waals surface area contributed by atoms with E-state index in [1.807, 2.05) is 18.2 Å². The van der Waals surface area contributed by atoms with Crippen LogP contribution in [0.15, 0.2) is 53.8 Å². The summed E-state index contributed by atoms with van der Waals surface area (Å²) in [5, 5.41) is 0. The number of carbonyl (C=O) groups is 1. The van der Waals surface area contributed by atoms with Crippen molar-refractivity contribution in [1.29, 1.82) is 0 Å². The molecule has 2 rings (SSSR count). The van der Waals surface area contributed by atoms with Gasteiger partial charge in [0.25, 0.3) is 5.91 Å². The van der Waals surface area contributed by atoms with E-state index < -0.39 is 5.91 Å². The normalized spacial score (nSPS) is 9.26. The highest BCUT2D eigenvalue weighted by Gasteiger charge is 2.06. The number of halogens is 1. The molecular formula is C13H13ClN4O. The minimum absolute atomic E-state index is 0. The van der Waals surface area contributed by atoms with Gasteiger partial charge in [0, 0.05) is 23.5 Å². The summed E-state index contributed by atoms with van der Waals surface area (Å²) in [6, 6.07) is 10.8. The summed E-state index contributed by atoms with van der Waals surface area (Å²) in [7, 11) is 0. The predicted molar refractivity (Wildman–Crippen MR) is 77.1 cm³/mol. The standard InChI is InChI=1S/C13H12N4O.ClH/c14-13(15)17-12(18)10-4-1-3-9(7-10)11-5-2-6-16-8-11;/h1-8H,(H4,14,15,17,18);1H. The summed E-state index contributed by atoms with van der Waals surface area (Å²) in [5.41, 5.74) is 12.6. The number of guanidine groups is 1. The summed E-state index contributed by atoms with van der Waals surface area (Å²) in [4.78, 5) is 19.2. The fourth-order valence-corrected chi connectivity index (χ4v) is 1.55. The maximum Gasteiger partial charge on any atom is 0.280 e. The second-order valence-electron chi connectivity index (χ2n) is 3.66. The first kappa shape index (κ1) is 14.7. The Morgan fingerprint density at radius 1 is 1.11 bits per heavy atom. The van der Waals surface area contributed by atoms with E-state index in [9.17, 15) is 4.79 Å². The molecule has 0 aliphatic carbocycles. The highest BCUT2D eigenvalue weighted by atomic mass is 35.5. The van der Waals surface area contributed by atoms with Crippen molar-refractivity contribution in [2.75, 3.05) is 0 Å². The van der Waals surface area contributed by atoms with E-state index in [0.717, 1.165) is 11.1 Å². The van der Waals surface area contributed by atoms with Gasteiger partial charge < -0.3 is 11.5 Å². The van der Waals surface area contributed by atoms with Crippen molar-refractivity contribution in [3.63, 3.8) is 0 Å². The first-order valence-corrected chi connectivity index (χ1v) is 5.31. The van der Waals surface area contributed by atoms with Gasteiger partial charge >= 0.3 is 0 Å².